The van der Waals surface area contributed by atoms with E-state index in [0.29, 0.717) is 0 Å². The molecule has 0 bridgehead atoms. The van der Waals surface area contributed by atoms with Crippen LogP contribution < -0.4 is 0 Å². The lowest BCUT2D eigenvalue weighted by atomic mass is 10.3. The van der Waals surface area contributed by atoms with Crippen LogP contribution in [0, 0.1) is 0 Å². The lowest BCUT2D eigenvalue weighted by Gasteiger charge is -2.21. The van der Waals surface area contributed by atoms with Gasteiger partial charge in [0.05, 0.1) is 12.7 Å². The first-order chi connectivity index (χ1) is 8.02. The zero-order chi connectivity index (χ0) is 13.1. The normalized spacial score (nSPS) is 14.1. The molecule has 0 aromatic heterocycles. The van der Waals surface area contributed by atoms with E-state index in [1.54, 1.807) is 0 Å². The highest BCUT2D eigenvalue weighted by molar-refractivity contribution is 6.73. The fraction of sp³-hybridized carbons (Fsp3) is 1.00. The first kappa shape index (κ1) is 17.3. The van der Waals surface area contributed by atoms with Crippen LogP contribution in [0.15, 0.2) is 0 Å². The van der Waals surface area contributed by atoms with E-state index in [4.69, 9.17) is 13.6 Å². The molecule has 104 valence electrons. The highest BCUT2D eigenvalue weighted by Crippen LogP contribution is 2.12. The fourth-order valence-corrected chi connectivity index (χ4v) is 3.24. The van der Waals surface area contributed by atoms with E-state index in [0.717, 1.165) is 43.1 Å². The third kappa shape index (κ3) is 11.2. The van der Waals surface area contributed by atoms with Gasteiger partial charge in [-0.05, 0) is 38.9 Å². The van der Waals surface area contributed by atoms with Gasteiger partial charge in [-0.2, -0.15) is 0 Å². The van der Waals surface area contributed by atoms with E-state index >= 15 is 0 Å². The number of rotatable bonds is 11. The molecule has 0 aliphatic carbocycles. The second-order valence-electron chi connectivity index (χ2n) is 5.18. The summed E-state index contributed by atoms with van der Waals surface area (Å²) in [5, 5.41) is 0. The van der Waals surface area contributed by atoms with Gasteiger partial charge in [-0.3, -0.25) is 0 Å². The molecule has 1 unspecified atom stereocenters. The average Bonchev–Trinajstić information content (AvgIpc) is 2.30. The molecule has 0 fully saturated rings. The summed E-state index contributed by atoms with van der Waals surface area (Å²) < 4.78 is 16.9. The summed E-state index contributed by atoms with van der Waals surface area (Å²) >= 11 is 0. The van der Waals surface area contributed by atoms with E-state index in [-0.39, 0.29) is 6.10 Å². The van der Waals surface area contributed by atoms with Crippen LogP contribution >= 0.6 is 0 Å². The average molecular weight is 279 g/mol. The Morgan fingerprint density at radius 3 is 2.47 bits per heavy atom. The third-order valence-electron chi connectivity index (χ3n) is 2.87. The predicted molar refractivity (Wildman–Crippen MR) is 79.1 cm³/mol. The highest BCUT2D eigenvalue weighted by atomic mass is 28.4. The molecule has 17 heavy (non-hydrogen) atoms. The maximum absolute atomic E-state index is 5.72. The molecule has 3 nitrogen and oxygen atoms in total. The van der Waals surface area contributed by atoms with Gasteiger partial charge in [0.25, 0.3) is 0 Å². The molecule has 0 radical (unpaired) electrons. The summed E-state index contributed by atoms with van der Waals surface area (Å²) in [6.07, 6.45) is 3.66. The molecule has 0 aromatic carbocycles. The van der Waals surface area contributed by atoms with E-state index in [2.05, 4.69) is 26.9 Å². The van der Waals surface area contributed by atoms with Crippen molar-refractivity contribution in [2.24, 2.45) is 0 Å². The van der Waals surface area contributed by atoms with Gasteiger partial charge in [-0.1, -0.05) is 13.3 Å². The van der Waals surface area contributed by atoms with Crippen LogP contribution in [-0.4, -0.2) is 44.7 Å². The van der Waals surface area contributed by atoms with E-state index in [1.165, 1.54) is 12.5 Å². The standard InChI is InChI=1S/C12H30O3Si2/c1-5-6-8-13-11-12(2)14-9-7-10-17(3,4)15-16/h12H,5-11H2,1-4,16H3. The first-order valence-electron chi connectivity index (χ1n) is 6.76. The van der Waals surface area contributed by atoms with Crippen LogP contribution in [0.5, 0.6) is 0 Å². The molecule has 0 saturated heterocycles. The van der Waals surface area contributed by atoms with Crippen LogP contribution in [0.25, 0.3) is 0 Å². The van der Waals surface area contributed by atoms with Gasteiger partial charge in [0.2, 0.25) is 0 Å². The largest absolute Gasteiger partial charge is 0.463 e. The number of unbranched alkanes of at least 4 members (excludes halogenated alkanes) is 1. The van der Waals surface area contributed by atoms with Gasteiger partial charge in [0.1, 0.15) is 10.5 Å². The Kier molecular flexibility index (Phi) is 10.4. The lowest BCUT2D eigenvalue weighted by molar-refractivity contribution is -0.00706. The smallest absolute Gasteiger partial charge is 0.172 e. The molecular formula is C12H30O3Si2. The summed E-state index contributed by atoms with van der Waals surface area (Å²) in [5.41, 5.74) is 0. The fourth-order valence-electron chi connectivity index (χ4n) is 1.43. The van der Waals surface area contributed by atoms with Crippen molar-refractivity contribution in [3.8, 4) is 0 Å². The molecule has 5 heteroatoms. The van der Waals surface area contributed by atoms with Gasteiger partial charge in [0.15, 0.2) is 8.32 Å². The van der Waals surface area contributed by atoms with Gasteiger partial charge < -0.3 is 13.6 Å². The van der Waals surface area contributed by atoms with Crippen molar-refractivity contribution < 1.29 is 13.6 Å². The monoisotopic (exact) mass is 278 g/mol. The maximum atomic E-state index is 5.72. The molecule has 0 aromatic rings. The second kappa shape index (κ2) is 10.3. The van der Waals surface area contributed by atoms with Crippen molar-refractivity contribution in [2.75, 3.05) is 19.8 Å². The molecule has 0 aliphatic rings. The number of hydrogen-bond acceptors (Lipinski definition) is 3. The van der Waals surface area contributed by atoms with Crippen LogP contribution in [0.4, 0.5) is 0 Å². The Bertz CT molecular complexity index is 177. The minimum Gasteiger partial charge on any atom is -0.463 e. The van der Waals surface area contributed by atoms with Crippen molar-refractivity contribution in [1.29, 1.82) is 0 Å². The maximum Gasteiger partial charge on any atom is 0.172 e. The molecule has 0 amide bonds. The SMILES string of the molecule is CCCCOCC(C)OCCC[Si](C)(C)O[SiH3]. The van der Waals surface area contributed by atoms with Crippen LogP contribution in [0.3, 0.4) is 0 Å². The Labute approximate surface area is 111 Å². The Hall–Kier alpha value is 0.314. The minimum absolute atomic E-state index is 0.216. The highest BCUT2D eigenvalue weighted by Gasteiger charge is 2.18. The van der Waals surface area contributed by atoms with Crippen LogP contribution in [0.1, 0.15) is 33.1 Å². The van der Waals surface area contributed by atoms with Crippen molar-refractivity contribution >= 4 is 18.8 Å². The van der Waals surface area contributed by atoms with Gasteiger partial charge in [-0.25, -0.2) is 0 Å². The van der Waals surface area contributed by atoms with Crippen molar-refractivity contribution in [3.63, 3.8) is 0 Å². The van der Waals surface area contributed by atoms with Gasteiger partial charge in [0, 0.05) is 13.2 Å². The van der Waals surface area contributed by atoms with Crippen LogP contribution in [0.2, 0.25) is 19.1 Å². The van der Waals surface area contributed by atoms with Crippen molar-refractivity contribution in [2.45, 2.75) is 58.4 Å². The van der Waals surface area contributed by atoms with Gasteiger partial charge >= 0.3 is 0 Å². The molecule has 0 rings (SSSR count). The topological polar surface area (TPSA) is 27.7 Å². The quantitative estimate of drug-likeness (QED) is 0.428. The Morgan fingerprint density at radius 2 is 1.88 bits per heavy atom. The molecule has 0 saturated carbocycles. The zero-order valence-electron chi connectivity index (χ0n) is 12.3. The Balaban J connectivity index is 3.36. The summed E-state index contributed by atoms with van der Waals surface area (Å²) in [4.78, 5) is 0. The van der Waals surface area contributed by atoms with E-state index in [1.807, 2.05) is 0 Å². The Morgan fingerprint density at radius 1 is 1.18 bits per heavy atom. The predicted octanol–water partition coefficient (Wildman–Crippen LogP) is 2.10. The summed E-state index contributed by atoms with van der Waals surface area (Å²) in [7, 11) is -0.470. The minimum atomic E-state index is -1.33. The summed E-state index contributed by atoms with van der Waals surface area (Å²) in [6.45, 7) is 11.2. The van der Waals surface area contributed by atoms with Crippen molar-refractivity contribution in [1.82, 2.24) is 0 Å². The van der Waals surface area contributed by atoms with Crippen molar-refractivity contribution in [3.05, 3.63) is 0 Å². The molecular weight excluding hydrogens is 248 g/mol. The third-order valence-corrected chi connectivity index (χ3v) is 8.85. The molecule has 0 heterocycles. The molecule has 0 aliphatic heterocycles. The molecule has 1 atom stereocenters. The molecule has 0 N–H and O–H groups in total. The van der Waals surface area contributed by atoms with Crippen LogP contribution in [-0.2, 0) is 13.6 Å². The van der Waals surface area contributed by atoms with E-state index < -0.39 is 8.32 Å². The summed E-state index contributed by atoms with van der Waals surface area (Å²) in [5.74, 6) is 0. The second-order valence-corrected chi connectivity index (χ2v) is 10.8. The lowest BCUT2D eigenvalue weighted by Crippen LogP contribution is -2.29. The number of ether oxygens (including phenoxy) is 2. The molecule has 0 spiro atoms. The number of hydrogen-bond donors (Lipinski definition) is 0. The summed E-state index contributed by atoms with van der Waals surface area (Å²) in [6, 6.07) is 1.19. The van der Waals surface area contributed by atoms with Gasteiger partial charge in [-0.15, -0.1) is 0 Å². The zero-order valence-corrected chi connectivity index (χ0v) is 15.3. The first-order valence-corrected chi connectivity index (χ1v) is 10.7. The van der Waals surface area contributed by atoms with E-state index in [9.17, 15) is 0 Å².